The number of carbonyl (C=O) groups is 1. The highest BCUT2D eigenvalue weighted by Crippen LogP contribution is 2.37. The van der Waals surface area contributed by atoms with Crippen LogP contribution in [-0.2, 0) is 4.79 Å². The molecule has 3 aromatic heterocycles. The molecule has 9 nitrogen and oxygen atoms in total. The summed E-state index contributed by atoms with van der Waals surface area (Å²) in [6.07, 6.45) is 4.13. The van der Waals surface area contributed by atoms with Crippen molar-refractivity contribution < 1.29 is 19.0 Å². The Labute approximate surface area is 227 Å². The molecule has 0 bridgehead atoms. The van der Waals surface area contributed by atoms with Crippen LogP contribution < -0.4 is 15.0 Å². The highest BCUT2D eigenvalue weighted by molar-refractivity contribution is 6.35. The number of H-pyrrole nitrogens is 1. The maximum absolute atomic E-state index is 15.2. The first-order chi connectivity index (χ1) is 18.2. The minimum atomic E-state index is -0.668. The predicted octanol–water partition coefficient (Wildman–Crippen LogP) is 4.54. The Hall–Kier alpha value is -3.47. The smallest absolute Gasteiger partial charge is 0.229 e. The van der Waals surface area contributed by atoms with Gasteiger partial charge in [0.15, 0.2) is 11.6 Å². The van der Waals surface area contributed by atoms with Gasteiger partial charge in [-0.15, -0.1) is 0 Å². The summed E-state index contributed by atoms with van der Waals surface area (Å²) in [4.78, 5) is 22.3. The third-order valence-electron chi connectivity index (χ3n) is 6.56. The highest BCUT2D eigenvalue weighted by atomic mass is 35.5. The summed E-state index contributed by atoms with van der Waals surface area (Å²) in [6, 6.07) is 6.81. The number of amides is 1. The van der Waals surface area contributed by atoms with Crippen molar-refractivity contribution in [1.29, 1.82) is 0 Å². The molecule has 3 N–H and O–H groups in total. The number of aromatic amines is 1. The van der Waals surface area contributed by atoms with E-state index in [9.17, 15) is 4.79 Å². The number of aliphatic hydroxyl groups excluding tert-OH is 1. The van der Waals surface area contributed by atoms with Crippen LogP contribution >= 0.6 is 23.2 Å². The number of nitrogens with one attached hydrogen (secondary N) is 2. The quantitative estimate of drug-likeness (QED) is 0.290. The third kappa shape index (κ3) is 4.87. The summed E-state index contributed by atoms with van der Waals surface area (Å²) in [6.45, 7) is 4.33. The number of halogens is 3. The molecule has 0 unspecified atom stereocenters. The maximum atomic E-state index is 15.2. The number of fused-ring (bicyclic) bond motifs is 1. The van der Waals surface area contributed by atoms with Gasteiger partial charge in [-0.25, -0.2) is 9.37 Å². The number of aliphatic hydroxyl groups is 1. The molecule has 198 valence electrons. The zero-order chi connectivity index (χ0) is 27.0. The second-order valence-electron chi connectivity index (χ2n) is 9.48. The van der Waals surface area contributed by atoms with E-state index in [0.717, 1.165) is 10.9 Å². The van der Waals surface area contributed by atoms with Crippen molar-refractivity contribution in [2.24, 2.45) is 5.41 Å². The predicted molar refractivity (Wildman–Crippen MR) is 143 cm³/mol. The lowest BCUT2D eigenvalue weighted by molar-refractivity contribution is -0.131. The number of anilines is 1. The van der Waals surface area contributed by atoms with Crippen LogP contribution in [0.15, 0.2) is 42.9 Å². The Bertz CT molecular complexity index is 1490. The van der Waals surface area contributed by atoms with Crippen molar-refractivity contribution in [3.05, 3.63) is 64.3 Å². The van der Waals surface area contributed by atoms with Crippen molar-refractivity contribution in [2.45, 2.75) is 20.0 Å². The minimum absolute atomic E-state index is 0.134. The molecular formula is C26H25Cl2FN6O3. The first-order valence-electron chi connectivity index (χ1n) is 11.9. The molecule has 38 heavy (non-hydrogen) atoms. The fourth-order valence-electron chi connectivity index (χ4n) is 4.62. The first kappa shape index (κ1) is 26.1. The Morgan fingerprint density at radius 1 is 1.26 bits per heavy atom. The zero-order valence-electron chi connectivity index (χ0n) is 20.6. The van der Waals surface area contributed by atoms with E-state index in [1.165, 1.54) is 18.5 Å². The summed E-state index contributed by atoms with van der Waals surface area (Å²) in [5.74, 6) is 0.0362. The van der Waals surface area contributed by atoms with Crippen molar-refractivity contribution in [3.8, 4) is 17.0 Å². The molecule has 1 amide bonds. The van der Waals surface area contributed by atoms with Gasteiger partial charge in [0.2, 0.25) is 5.91 Å². The molecule has 12 heteroatoms. The first-order valence-corrected chi connectivity index (χ1v) is 12.7. The van der Waals surface area contributed by atoms with Crippen molar-refractivity contribution in [3.63, 3.8) is 0 Å². The summed E-state index contributed by atoms with van der Waals surface area (Å²) < 4.78 is 21.3. The monoisotopic (exact) mass is 558 g/mol. The van der Waals surface area contributed by atoms with E-state index in [1.54, 1.807) is 24.1 Å². The molecule has 0 saturated carbocycles. The van der Waals surface area contributed by atoms with Crippen LogP contribution in [-0.4, -0.2) is 57.4 Å². The molecule has 1 aromatic carbocycles. The highest BCUT2D eigenvalue weighted by Gasteiger charge is 2.46. The molecule has 0 aliphatic carbocycles. The molecular weight excluding hydrogens is 534 g/mol. The second-order valence-corrected chi connectivity index (χ2v) is 10.3. The van der Waals surface area contributed by atoms with Crippen molar-refractivity contribution in [2.75, 3.05) is 31.1 Å². The van der Waals surface area contributed by atoms with Crippen molar-refractivity contribution >= 4 is 45.8 Å². The van der Waals surface area contributed by atoms with Gasteiger partial charge in [-0.2, -0.15) is 5.10 Å². The van der Waals surface area contributed by atoms with Gasteiger partial charge in [-0.05, 0) is 38.1 Å². The van der Waals surface area contributed by atoms with Gasteiger partial charge in [-0.1, -0.05) is 23.2 Å². The zero-order valence-corrected chi connectivity index (χ0v) is 22.1. The molecule has 1 atom stereocenters. The number of ether oxygens (including phenoxy) is 1. The molecule has 1 aliphatic rings. The number of benzene rings is 1. The largest absolute Gasteiger partial charge is 0.486 e. The van der Waals surface area contributed by atoms with E-state index in [4.69, 9.17) is 33.0 Å². The standard InChI is InChI=1S/C26H25Cl2FN6O3/c1-14(22-18(27)10-30-11-19(22)28)38-16-3-4-21-17(8-16)23(34-33-21)15-7-20(29)24(32-9-15)35-12-26(2,13-35)25(37)31-5-6-36/h3-4,7-11,14,36H,5-6,12-13H2,1-2H3,(H,31,37)(H,33,34)/t14-/m1/s1. The number of aromatic nitrogens is 4. The van der Waals surface area contributed by atoms with Crippen LogP contribution in [0.5, 0.6) is 5.75 Å². The molecule has 4 heterocycles. The van der Waals surface area contributed by atoms with Gasteiger partial charge in [-0.3, -0.25) is 14.9 Å². The second kappa shape index (κ2) is 10.4. The molecule has 0 spiro atoms. The number of rotatable bonds is 8. The molecule has 1 fully saturated rings. The topological polar surface area (TPSA) is 116 Å². The Morgan fingerprint density at radius 3 is 2.68 bits per heavy atom. The fourth-order valence-corrected chi connectivity index (χ4v) is 5.30. The lowest BCUT2D eigenvalue weighted by Crippen LogP contribution is -2.62. The Morgan fingerprint density at radius 2 is 2.00 bits per heavy atom. The Kier molecular flexibility index (Phi) is 7.13. The van der Waals surface area contributed by atoms with Crippen molar-refractivity contribution in [1.82, 2.24) is 25.5 Å². The van der Waals surface area contributed by atoms with Gasteiger partial charge in [0.25, 0.3) is 0 Å². The molecule has 1 saturated heterocycles. The van der Waals surface area contributed by atoms with E-state index >= 15 is 4.39 Å². The third-order valence-corrected chi connectivity index (χ3v) is 7.17. The molecule has 1 aliphatic heterocycles. The summed E-state index contributed by atoms with van der Waals surface area (Å²) >= 11 is 12.5. The normalized spacial score (nSPS) is 15.3. The number of carbonyl (C=O) groups excluding carboxylic acids is 1. The van der Waals surface area contributed by atoms with E-state index in [0.29, 0.717) is 45.7 Å². The van der Waals surface area contributed by atoms with Gasteiger partial charge in [0.05, 0.1) is 27.6 Å². The average molecular weight is 559 g/mol. The summed E-state index contributed by atoms with van der Waals surface area (Å²) in [5.41, 5.74) is 1.72. The van der Waals surface area contributed by atoms with Crippen LogP contribution in [0.3, 0.4) is 0 Å². The lowest BCUT2D eigenvalue weighted by atomic mass is 9.81. The lowest BCUT2D eigenvalue weighted by Gasteiger charge is -2.47. The number of hydrogen-bond acceptors (Lipinski definition) is 7. The van der Waals surface area contributed by atoms with Crippen LogP contribution in [0, 0.1) is 11.2 Å². The molecule has 0 radical (unpaired) electrons. The van der Waals surface area contributed by atoms with Crippen LogP contribution in [0.4, 0.5) is 10.2 Å². The maximum Gasteiger partial charge on any atom is 0.229 e. The average Bonchev–Trinajstić information content (AvgIpc) is 3.28. The molecule has 4 aromatic rings. The number of pyridine rings is 2. The minimum Gasteiger partial charge on any atom is -0.486 e. The van der Waals surface area contributed by atoms with E-state index in [2.05, 4.69) is 25.5 Å². The van der Waals surface area contributed by atoms with Gasteiger partial charge >= 0.3 is 0 Å². The van der Waals surface area contributed by atoms with Crippen LogP contribution in [0.25, 0.3) is 22.2 Å². The molecule has 5 rings (SSSR count). The van der Waals surface area contributed by atoms with E-state index in [1.807, 2.05) is 19.1 Å². The fraction of sp³-hybridized carbons (Fsp3) is 0.308. The Balaban J connectivity index is 1.35. The number of hydrogen-bond donors (Lipinski definition) is 3. The van der Waals surface area contributed by atoms with Crippen LogP contribution in [0.2, 0.25) is 10.0 Å². The number of nitrogens with zero attached hydrogens (tertiary/aromatic N) is 4. The summed E-state index contributed by atoms with van der Waals surface area (Å²) in [5, 5.41) is 20.5. The van der Waals surface area contributed by atoms with Gasteiger partial charge in [0, 0.05) is 54.7 Å². The van der Waals surface area contributed by atoms with Crippen LogP contribution in [0.1, 0.15) is 25.5 Å². The van der Waals surface area contributed by atoms with Gasteiger partial charge in [0.1, 0.15) is 17.5 Å². The van der Waals surface area contributed by atoms with E-state index in [-0.39, 0.29) is 24.9 Å². The van der Waals surface area contributed by atoms with Gasteiger partial charge < -0.3 is 20.1 Å². The van der Waals surface area contributed by atoms with E-state index < -0.39 is 17.3 Å². The SMILES string of the molecule is C[C@@H](Oc1ccc2[nH]nc(-c3cnc(N4CC(C)(C(=O)NCCO)C4)c(F)c3)c2c1)c1c(Cl)cncc1Cl. The summed E-state index contributed by atoms with van der Waals surface area (Å²) in [7, 11) is 0.